The fourth-order valence-corrected chi connectivity index (χ4v) is 4.51. The molecule has 150 valence electrons. The van der Waals surface area contributed by atoms with Crippen molar-refractivity contribution in [3.63, 3.8) is 0 Å². The maximum atomic E-state index is 13.4. The summed E-state index contributed by atoms with van der Waals surface area (Å²) in [4.78, 5) is 30.4. The van der Waals surface area contributed by atoms with Gasteiger partial charge >= 0.3 is 0 Å². The molecular formula is C23H19N3O3S. The molecule has 0 fully saturated rings. The van der Waals surface area contributed by atoms with Gasteiger partial charge in [0, 0.05) is 17.7 Å². The zero-order valence-corrected chi connectivity index (χ0v) is 17.3. The van der Waals surface area contributed by atoms with E-state index >= 15 is 0 Å². The van der Waals surface area contributed by atoms with Gasteiger partial charge in [-0.2, -0.15) is 0 Å². The molecule has 30 heavy (non-hydrogen) atoms. The number of nitro benzene ring substituents is 1. The summed E-state index contributed by atoms with van der Waals surface area (Å²) in [6.07, 6.45) is 0. The lowest BCUT2D eigenvalue weighted by atomic mass is 10.1. The molecule has 1 heterocycles. The van der Waals surface area contributed by atoms with Gasteiger partial charge in [-0.1, -0.05) is 53.8 Å². The minimum atomic E-state index is -0.498. The number of aryl methyl sites for hydroxylation is 2. The van der Waals surface area contributed by atoms with E-state index in [0.29, 0.717) is 11.7 Å². The van der Waals surface area contributed by atoms with Crippen molar-refractivity contribution in [2.24, 2.45) is 0 Å². The summed E-state index contributed by atoms with van der Waals surface area (Å²) >= 11 is 1.45. The van der Waals surface area contributed by atoms with Gasteiger partial charge in [0.2, 0.25) is 0 Å². The number of carbonyl (C=O) groups excluding carboxylic acids is 1. The van der Waals surface area contributed by atoms with E-state index in [0.717, 1.165) is 26.9 Å². The van der Waals surface area contributed by atoms with Crippen LogP contribution in [0.5, 0.6) is 0 Å². The smallest absolute Gasteiger partial charge is 0.270 e. The number of anilines is 1. The summed E-state index contributed by atoms with van der Waals surface area (Å²) in [5.74, 6) is -0.323. The van der Waals surface area contributed by atoms with Crippen LogP contribution in [0.25, 0.3) is 10.2 Å². The normalized spacial score (nSPS) is 10.9. The molecule has 1 aromatic heterocycles. The number of hydrogen-bond donors (Lipinski definition) is 0. The minimum Gasteiger partial charge on any atom is -0.279 e. The number of aromatic nitrogens is 1. The van der Waals surface area contributed by atoms with Crippen molar-refractivity contribution < 1.29 is 9.72 Å². The van der Waals surface area contributed by atoms with Gasteiger partial charge in [0.15, 0.2) is 5.13 Å². The molecule has 0 atom stereocenters. The summed E-state index contributed by atoms with van der Waals surface area (Å²) < 4.78 is 1.01. The first-order chi connectivity index (χ1) is 14.4. The van der Waals surface area contributed by atoms with Crippen LogP contribution in [0, 0.1) is 24.0 Å². The Morgan fingerprint density at radius 1 is 1.07 bits per heavy atom. The van der Waals surface area contributed by atoms with Crippen LogP contribution in [-0.2, 0) is 6.54 Å². The summed E-state index contributed by atoms with van der Waals surface area (Å²) in [7, 11) is 0. The summed E-state index contributed by atoms with van der Waals surface area (Å²) in [5.41, 5.74) is 4.14. The Kier molecular flexibility index (Phi) is 5.29. The lowest BCUT2D eigenvalue weighted by Gasteiger charge is -2.20. The highest BCUT2D eigenvalue weighted by Gasteiger charge is 2.23. The first kappa shape index (κ1) is 19.7. The fourth-order valence-electron chi connectivity index (χ4n) is 3.37. The Labute approximate surface area is 177 Å². The molecule has 0 spiro atoms. The Hall–Kier alpha value is -3.58. The minimum absolute atomic E-state index is 0.115. The molecule has 0 saturated carbocycles. The number of rotatable bonds is 5. The summed E-state index contributed by atoms with van der Waals surface area (Å²) in [6, 6.07) is 19.6. The largest absolute Gasteiger partial charge is 0.279 e. The number of thiazole rings is 1. The molecule has 0 aliphatic rings. The van der Waals surface area contributed by atoms with Crippen molar-refractivity contribution in [3.8, 4) is 0 Å². The zero-order valence-electron chi connectivity index (χ0n) is 16.5. The number of benzene rings is 3. The second-order valence-corrected chi connectivity index (χ2v) is 8.12. The van der Waals surface area contributed by atoms with Crippen LogP contribution in [0.15, 0.2) is 66.7 Å². The number of carbonyl (C=O) groups is 1. The second-order valence-electron chi connectivity index (χ2n) is 7.11. The van der Waals surface area contributed by atoms with Gasteiger partial charge in [0.05, 0.1) is 21.7 Å². The molecule has 6 nitrogen and oxygen atoms in total. The topological polar surface area (TPSA) is 76.3 Å². The number of hydrogen-bond acceptors (Lipinski definition) is 5. The van der Waals surface area contributed by atoms with E-state index in [1.165, 1.54) is 29.5 Å². The molecule has 0 aliphatic carbocycles. The molecule has 0 saturated heterocycles. The summed E-state index contributed by atoms with van der Waals surface area (Å²) in [5, 5.41) is 11.7. The highest BCUT2D eigenvalue weighted by molar-refractivity contribution is 7.22. The maximum Gasteiger partial charge on any atom is 0.270 e. The third kappa shape index (κ3) is 3.92. The van der Waals surface area contributed by atoms with E-state index in [1.807, 2.05) is 44.2 Å². The lowest BCUT2D eigenvalue weighted by Crippen LogP contribution is -2.30. The van der Waals surface area contributed by atoms with Crippen LogP contribution in [0.3, 0.4) is 0 Å². The van der Waals surface area contributed by atoms with Crippen LogP contribution < -0.4 is 4.90 Å². The SMILES string of the molecule is Cc1cc(C)c2nc(N(Cc3ccccc3)C(=O)c3cccc([N+](=O)[O-])c3)sc2c1. The molecule has 7 heteroatoms. The Morgan fingerprint density at radius 3 is 2.57 bits per heavy atom. The highest BCUT2D eigenvalue weighted by atomic mass is 32.1. The number of non-ortho nitro benzene ring substituents is 1. The first-order valence-electron chi connectivity index (χ1n) is 9.40. The molecule has 0 bridgehead atoms. The van der Waals surface area contributed by atoms with Gasteiger partial charge in [-0.25, -0.2) is 4.98 Å². The van der Waals surface area contributed by atoms with Crippen LogP contribution in [0.2, 0.25) is 0 Å². The predicted molar refractivity (Wildman–Crippen MR) is 119 cm³/mol. The Morgan fingerprint density at radius 2 is 1.83 bits per heavy atom. The number of fused-ring (bicyclic) bond motifs is 1. The fraction of sp³-hybridized carbons (Fsp3) is 0.130. The van der Waals surface area contributed by atoms with E-state index in [9.17, 15) is 14.9 Å². The van der Waals surface area contributed by atoms with Crippen molar-refractivity contribution >= 4 is 38.3 Å². The van der Waals surface area contributed by atoms with Crippen LogP contribution in [-0.4, -0.2) is 15.8 Å². The Balaban J connectivity index is 1.80. The predicted octanol–water partition coefficient (Wildman–Crippen LogP) is 5.67. The molecule has 4 aromatic rings. The number of amides is 1. The summed E-state index contributed by atoms with van der Waals surface area (Å²) in [6.45, 7) is 4.35. The molecule has 4 rings (SSSR count). The second kappa shape index (κ2) is 8.04. The standard InChI is InChI=1S/C23H19N3O3S/c1-15-11-16(2)21-20(12-15)30-23(24-21)25(14-17-7-4-3-5-8-17)22(27)18-9-6-10-19(13-18)26(28)29/h3-13H,14H2,1-2H3. The number of nitrogens with zero attached hydrogens (tertiary/aromatic N) is 3. The third-order valence-electron chi connectivity index (χ3n) is 4.78. The average Bonchev–Trinajstić information content (AvgIpc) is 3.16. The van der Waals surface area contributed by atoms with Gasteiger partial charge in [-0.3, -0.25) is 19.8 Å². The van der Waals surface area contributed by atoms with E-state index in [1.54, 1.807) is 11.0 Å². The van der Waals surface area contributed by atoms with Gasteiger partial charge in [-0.15, -0.1) is 0 Å². The van der Waals surface area contributed by atoms with Crippen molar-refractivity contribution in [2.75, 3.05) is 4.90 Å². The molecule has 3 aromatic carbocycles. The van der Waals surface area contributed by atoms with Gasteiger partial charge in [-0.05, 0) is 42.7 Å². The van der Waals surface area contributed by atoms with Crippen molar-refractivity contribution in [2.45, 2.75) is 20.4 Å². The van der Waals surface area contributed by atoms with E-state index in [-0.39, 0.29) is 17.2 Å². The monoisotopic (exact) mass is 417 g/mol. The van der Waals surface area contributed by atoms with Crippen molar-refractivity contribution in [3.05, 3.63) is 99.1 Å². The van der Waals surface area contributed by atoms with Crippen LogP contribution in [0.4, 0.5) is 10.8 Å². The third-order valence-corrected chi connectivity index (χ3v) is 5.81. The van der Waals surface area contributed by atoms with Gasteiger partial charge < -0.3 is 0 Å². The van der Waals surface area contributed by atoms with Crippen LogP contribution >= 0.6 is 11.3 Å². The first-order valence-corrected chi connectivity index (χ1v) is 10.2. The van der Waals surface area contributed by atoms with Crippen LogP contribution in [0.1, 0.15) is 27.0 Å². The van der Waals surface area contributed by atoms with Gasteiger partial charge in [0.1, 0.15) is 0 Å². The van der Waals surface area contributed by atoms with Crippen molar-refractivity contribution in [1.29, 1.82) is 0 Å². The average molecular weight is 417 g/mol. The molecule has 1 amide bonds. The number of nitro groups is 1. The quantitative estimate of drug-likeness (QED) is 0.310. The zero-order chi connectivity index (χ0) is 21.3. The lowest BCUT2D eigenvalue weighted by molar-refractivity contribution is -0.384. The molecular weight excluding hydrogens is 398 g/mol. The molecule has 0 radical (unpaired) electrons. The molecule has 0 aliphatic heterocycles. The highest BCUT2D eigenvalue weighted by Crippen LogP contribution is 2.33. The van der Waals surface area contributed by atoms with E-state index in [4.69, 9.17) is 4.98 Å². The van der Waals surface area contributed by atoms with E-state index in [2.05, 4.69) is 12.1 Å². The Bertz CT molecular complexity index is 1250. The molecule has 0 unspecified atom stereocenters. The van der Waals surface area contributed by atoms with Crippen molar-refractivity contribution in [1.82, 2.24) is 4.98 Å². The van der Waals surface area contributed by atoms with E-state index < -0.39 is 4.92 Å². The van der Waals surface area contributed by atoms with Gasteiger partial charge in [0.25, 0.3) is 11.6 Å². The maximum absolute atomic E-state index is 13.4. The molecule has 0 N–H and O–H groups in total.